The lowest BCUT2D eigenvalue weighted by molar-refractivity contribution is -0.161. The van der Waals surface area contributed by atoms with Crippen molar-refractivity contribution in [3.05, 3.63) is 109 Å². The normalized spacial score (nSPS) is 14.2. The van der Waals surface area contributed by atoms with Gasteiger partial charge in [0.1, 0.15) is 12.7 Å². The van der Waals surface area contributed by atoms with E-state index in [4.69, 9.17) is 23.3 Å². The first-order valence-electron chi connectivity index (χ1n) is 28.8. The van der Waals surface area contributed by atoms with Gasteiger partial charge in [-0.25, -0.2) is 4.57 Å². The molecule has 0 saturated heterocycles. The van der Waals surface area contributed by atoms with Crippen molar-refractivity contribution in [3.63, 3.8) is 0 Å². The third-order valence-electron chi connectivity index (χ3n) is 11.7. The minimum absolute atomic E-state index is 0.104. The van der Waals surface area contributed by atoms with E-state index in [0.717, 1.165) is 128 Å². The Kier molecular flexibility index (Phi) is 52.5. The summed E-state index contributed by atoms with van der Waals surface area (Å²) >= 11 is 0. The third kappa shape index (κ3) is 53.0. The summed E-state index contributed by atoms with van der Waals surface area (Å²) in [7, 11) is -4.77. The SMILES string of the molecule is CC/C=C\C/C=C\C/C=C\C/C=C\CCCCCCC(=O)OCC(COP(=O)(O)OCC(CO)OC(=O)CCCCCCC/C=C\CCCCCCCC)OC(=O)CCCC/C=C\C/C=C\C/C=C\C/C=C\CC. The van der Waals surface area contributed by atoms with Crippen molar-refractivity contribution in [2.24, 2.45) is 0 Å². The van der Waals surface area contributed by atoms with Gasteiger partial charge >= 0.3 is 25.7 Å². The van der Waals surface area contributed by atoms with Crippen molar-refractivity contribution in [2.45, 2.75) is 238 Å². The van der Waals surface area contributed by atoms with Crippen LogP contribution in [0.3, 0.4) is 0 Å². The predicted molar refractivity (Wildman–Crippen MR) is 307 cm³/mol. The fourth-order valence-electron chi connectivity index (χ4n) is 7.33. The van der Waals surface area contributed by atoms with Crippen LogP contribution in [0.15, 0.2) is 109 Å². The largest absolute Gasteiger partial charge is 0.472 e. The van der Waals surface area contributed by atoms with Crippen molar-refractivity contribution >= 4 is 25.7 Å². The Labute approximate surface area is 450 Å². The lowest BCUT2D eigenvalue weighted by atomic mass is 10.1. The molecule has 0 saturated carbocycles. The van der Waals surface area contributed by atoms with Crippen LogP contribution in [-0.2, 0) is 42.2 Å². The molecule has 0 spiro atoms. The first kappa shape index (κ1) is 70.1. The molecule has 11 nitrogen and oxygen atoms in total. The summed E-state index contributed by atoms with van der Waals surface area (Å²) in [6.45, 7) is 4.32. The maximum atomic E-state index is 12.9. The third-order valence-corrected chi connectivity index (χ3v) is 12.6. The molecule has 0 aromatic heterocycles. The van der Waals surface area contributed by atoms with Crippen LogP contribution in [0.5, 0.6) is 0 Å². The molecule has 74 heavy (non-hydrogen) atoms. The Morgan fingerprint density at radius 1 is 0.392 bits per heavy atom. The highest BCUT2D eigenvalue weighted by Crippen LogP contribution is 2.43. The van der Waals surface area contributed by atoms with Crippen molar-refractivity contribution in [3.8, 4) is 0 Å². The Morgan fingerprint density at radius 3 is 1.12 bits per heavy atom. The zero-order valence-electron chi connectivity index (χ0n) is 46.5. The minimum atomic E-state index is -4.77. The second kappa shape index (κ2) is 55.4. The Morgan fingerprint density at radius 2 is 0.703 bits per heavy atom. The molecule has 0 radical (unpaired) electrons. The Balaban J connectivity index is 4.83. The molecule has 0 aliphatic rings. The number of aliphatic hydroxyl groups is 1. The monoisotopic (exact) mass is 1050 g/mol. The first-order chi connectivity index (χ1) is 36.2. The van der Waals surface area contributed by atoms with E-state index in [0.29, 0.717) is 19.3 Å². The molecule has 3 atom stereocenters. The summed E-state index contributed by atoms with van der Waals surface area (Å²) in [5.74, 6) is -1.56. The molecule has 0 bridgehead atoms. The first-order valence-corrected chi connectivity index (χ1v) is 30.3. The summed E-state index contributed by atoms with van der Waals surface area (Å²) in [5.41, 5.74) is 0. The van der Waals surface area contributed by atoms with Gasteiger partial charge in [0.05, 0.1) is 19.8 Å². The van der Waals surface area contributed by atoms with Gasteiger partial charge in [-0.3, -0.25) is 23.4 Å². The summed E-state index contributed by atoms with van der Waals surface area (Å²) in [6, 6.07) is 0. The number of rotatable bonds is 52. The number of aliphatic hydroxyl groups excluding tert-OH is 1. The van der Waals surface area contributed by atoms with Crippen LogP contribution in [0, 0.1) is 0 Å². The molecule has 0 rings (SSSR count). The summed E-state index contributed by atoms with van der Waals surface area (Å²) in [4.78, 5) is 48.5. The highest BCUT2D eigenvalue weighted by Gasteiger charge is 2.28. The topological polar surface area (TPSA) is 155 Å². The smallest absolute Gasteiger partial charge is 0.462 e. The molecular formula is C62H103O11P. The van der Waals surface area contributed by atoms with Crippen molar-refractivity contribution in [2.75, 3.05) is 26.4 Å². The quantitative estimate of drug-likeness (QED) is 0.0197. The molecule has 0 aliphatic heterocycles. The molecule has 0 aromatic carbocycles. The van der Waals surface area contributed by atoms with Crippen LogP contribution in [0.1, 0.15) is 226 Å². The summed E-state index contributed by atoms with van der Waals surface area (Å²) in [6.07, 6.45) is 66.2. The van der Waals surface area contributed by atoms with Crippen molar-refractivity contribution in [1.29, 1.82) is 0 Å². The van der Waals surface area contributed by atoms with Crippen molar-refractivity contribution in [1.82, 2.24) is 0 Å². The number of phosphoric ester groups is 1. The number of allylic oxidation sites excluding steroid dienone is 18. The highest BCUT2D eigenvalue weighted by atomic mass is 31.2. The van der Waals surface area contributed by atoms with E-state index in [2.05, 4.69) is 130 Å². The number of phosphoric acid groups is 1. The summed E-state index contributed by atoms with van der Waals surface area (Å²) < 4.78 is 39.4. The lowest BCUT2D eigenvalue weighted by Gasteiger charge is -2.21. The van der Waals surface area contributed by atoms with Crippen LogP contribution in [0.4, 0.5) is 0 Å². The molecular weight excluding hydrogens is 952 g/mol. The van der Waals surface area contributed by atoms with E-state index in [-0.39, 0.29) is 25.9 Å². The number of hydrogen-bond acceptors (Lipinski definition) is 10. The summed E-state index contributed by atoms with van der Waals surface area (Å²) in [5, 5.41) is 9.81. The Bertz CT molecular complexity index is 1660. The lowest BCUT2D eigenvalue weighted by Crippen LogP contribution is -2.30. The second-order valence-electron chi connectivity index (χ2n) is 18.7. The van der Waals surface area contributed by atoms with Gasteiger partial charge in [0.25, 0.3) is 0 Å². The molecule has 0 heterocycles. The number of unbranched alkanes of at least 4 members (excludes halogenated alkanes) is 17. The fraction of sp³-hybridized carbons (Fsp3) is 0.661. The zero-order valence-corrected chi connectivity index (χ0v) is 47.4. The molecule has 2 N–H and O–H groups in total. The van der Waals surface area contributed by atoms with Crippen LogP contribution in [0.2, 0.25) is 0 Å². The Hall–Kier alpha value is -3.86. The van der Waals surface area contributed by atoms with Gasteiger partial charge < -0.3 is 24.2 Å². The molecule has 422 valence electrons. The number of esters is 3. The van der Waals surface area contributed by atoms with E-state index < -0.39 is 57.8 Å². The van der Waals surface area contributed by atoms with E-state index in [1.54, 1.807) is 0 Å². The molecule has 0 aromatic rings. The number of carbonyl (C=O) groups excluding carboxylic acids is 3. The maximum Gasteiger partial charge on any atom is 0.472 e. The van der Waals surface area contributed by atoms with Crippen LogP contribution in [-0.4, -0.2) is 66.5 Å². The van der Waals surface area contributed by atoms with Gasteiger partial charge in [-0.15, -0.1) is 0 Å². The average molecular weight is 1060 g/mol. The van der Waals surface area contributed by atoms with Crippen LogP contribution < -0.4 is 0 Å². The van der Waals surface area contributed by atoms with Crippen molar-refractivity contribution < 1.29 is 52.2 Å². The van der Waals surface area contributed by atoms with Gasteiger partial charge in [-0.2, -0.15) is 0 Å². The number of ether oxygens (including phenoxy) is 3. The van der Waals surface area contributed by atoms with Gasteiger partial charge in [0.15, 0.2) is 6.10 Å². The molecule has 0 aliphatic carbocycles. The van der Waals surface area contributed by atoms with E-state index in [1.165, 1.54) is 38.5 Å². The standard InChI is InChI=1S/C62H103O11P/c1-4-7-10-13-16-19-22-25-28-29-32-33-36-39-42-45-48-51-60(64)69-55-59(73-62(66)53-50-47-44-41-38-35-31-27-24-21-18-15-12-9-6-3)57-71-74(67,68)70-56-58(54-63)72-61(65)52-49-46-43-40-37-34-30-26-23-20-17-14-11-8-5-2/h7,9-10,12,16,18-19,21,25-28,30-33,38,41,58-59,63H,4-6,8,11,13-15,17,20,22-24,29,34-37,39-40,42-57H2,1-3H3,(H,67,68)/b10-7-,12-9-,19-16-,21-18-,28-25-,30-26-,31-27-,33-32-,41-38-. The second-order valence-corrected chi connectivity index (χ2v) is 20.1. The zero-order chi connectivity index (χ0) is 54.1. The van der Waals surface area contributed by atoms with Gasteiger partial charge in [0.2, 0.25) is 0 Å². The van der Waals surface area contributed by atoms with Gasteiger partial charge in [0, 0.05) is 19.3 Å². The number of carbonyl (C=O) groups is 3. The predicted octanol–water partition coefficient (Wildman–Crippen LogP) is 17.0. The maximum absolute atomic E-state index is 12.9. The van der Waals surface area contributed by atoms with E-state index in [9.17, 15) is 28.9 Å². The van der Waals surface area contributed by atoms with Gasteiger partial charge in [-0.1, -0.05) is 194 Å². The molecule has 12 heteroatoms. The van der Waals surface area contributed by atoms with Gasteiger partial charge in [-0.05, 0) is 122 Å². The minimum Gasteiger partial charge on any atom is -0.462 e. The van der Waals surface area contributed by atoms with E-state index >= 15 is 0 Å². The highest BCUT2D eigenvalue weighted by molar-refractivity contribution is 7.47. The van der Waals surface area contributed by atoms with Crippen LogP contribution in [0.25, 0.3) is 0 Å². The molecule has 0 amide bonds. The molecule has 3 unspecified atom stereocenters. The average Bonchev–Trinajstić information content (AvgIpc) is 3.39. The number of hydrogen-bond donors (Lipinski definition) is 2. The van der Waals surface area contributed by atoms with Crippen LogP contribution >= 0.6 is 7.82 Å². The fourth-order valence-corrected chi connectivity index (χ4v) is 8.12. The molecule has 0 fully saturated rings. The van der Waals surface area contributed by atoms with E-state index in [1.807, 2.05) is 0 Å².